The van der Waals surface area contributed by atoms with E-state index in [1.54, 1.807) is 0 Å². The number of halogens is 1. The van der Waals surface area contributed by atoms with Crippen molar-refractivity contribution in [2.24, 2.45) is 11.3 Å². The molecule has 1 amide bonds. The van der Waals surface area contributed by atoms with Gasteiger partial charge in [-0.15, -0.1) is 12.4 Å². The highest BCUT2D eigenvalue weighted by Crippen LogP contribution is 2.48. The highest BCUT2D eigenvalue weighted by Gasteiger charge is 2.46. The summed E-state index contributed by atoms with van der Waals surface area (Å²) in [6.07, 6.45) is 3.52. The minimum atomic E-state index is -0.412. The van der Waals surface area contributed by atoms with Crippen molar-refractivity contribution < 1.29 is 9.53 Å². The van der Waals surface area contributed by atoms with Gasteiger partial charge in [0.25, 0.3) is 0 Å². The molecule has 106 valence electrons. The highest BCUT2D eigenvalue weighted by molar-refractivity contribution is 5.85. The van der Waals surface area contributed by atoms with Gasteiger partial charge in [0, 0.05) is 18.5 Å². The van der Waals surface area contributed by atoms with Crippen molar-refractivity contribution >= 4 is 18.5 Å². The van der Waals surface area contributed by atoms with Gasteiger partial charge in [0.05, 0.1) is 0 Å². The molecule has 2 N–H and O–H groups in total. The molecule has 1 unspecified atom stereocenters. The van der Waals surface area contributed by atoms with E-state index in [9.17, 15) is 4.79 Å². The number of nitrogens with one attached hydrogen (secondary N) is 2. The molecule has 0 aromatic rings. The summed E-state index contributed by atoms with van der Waals surface area (Å²) in [7, 11) is 0. The minimum absolute atomic E-state index is 0. The Kier molecular flexibility index (Phi) is 4.90. The van der Waals surface area contributed by atoms with Crippen LogP contribution in [0.5, 0.6) is 0 Å². The van der Waals surface area contributed by atoms with E-state index in [-0.39, 0.29) is 23.9 Å². The second-order valence-corrected chi connectivity index (χ2v) is 6.42. The molecule has 5 heteroatoms. The Morgan fingerprint density at radius 3 is 2.56 bits per heavy atom. The third-order valence-corrected chi connectivity index (χ3v) is 3.70. The summed E-state index contributed by atoms with van der Waals surface area (Å²) in [6.45, 7) is 8.53. The molecule has 1 atom stereocenters. The molecule has 1 heterocycles. The zero-order valence-electron chi connectivity index (χ0n) is 11.5. The van der Waals surface area contributed by atoms with Gasteiger partial charge in [0.2, 0.25) is 0 Å². The van der Waals surface area contributed by atoms with E-state index in [1.807, 2.05) is 20.8 Å². The van der Waals surface area contributed by atoms with Gasteiger partial charge in [0.15, 0.2) is 0 Å². The van der Waals surface area contributed by atoms with Crippen molar-refractivity contribution in [2.45, 2.75) is 45.6 Å². The quantitative estimate of drug-likeness (QED) is 0.832. The Morgan fingerprint density at radius 1 is 1.44 bits per heavy atom. The lowest BCUT2D eigenvalue weighted by Crippen LogP contribution is -2.42. The van der Waals surface area contributed by atoms with Gasteiger partial charge in [-0.3, -0.25) is 0 Å². The number of carbonyl (C=O) groups excluding carboxylic acids is 1. The molecular formula is C13H25ClN2O2. The molecule has 4 nitrogen and oxygen atoms in total. The van der Waals surface area contributed by atoms with Crippen LogP contribution in [0.15, 0.2) is 0 Å². The summed E-state index contributed by atoms with van der Waals surface area (Å²) in [6, 6.07) is 0. The molecule has 1 aliphatic heterocycles. The average molecular weight is 277 g/mol. The summed E-state index contributed by atoms with van der Waals surface area (Å²) in [5.41, 5.74) is -0.123. The topological polar surface area (TPSA) is 50.4 Å². The number of alkyl carbamates (subject to hydrolysis) is 1. The summed E-state index contributed by atoms with van der Waals surface area (Å²) in [5, 5.41) is 6.36. The molecule has 0 spiro atoms. The van der Waals surface area contributed by atoms with Crippen molar-refractivity contribution in [1.29, 1.82) is 0 Å². The maximum Gasteiger partial charge on any atom is 0.407 e. The van der Waals surface area contributed by atoms with E-state index >= 15 is 0 Å². The van der Waals surface area contributed by atoms with Crippen LogP contribution in [0, 0.1) is 11.3 Å². The number of carbonyl (C=O) groups is 1. The van der Waals surface area contributed by atoms with Crippen LogP contribution in [-0.4, -0.2) is 31.3 Å². The van der Waals surface area contributed by atoms with E-state index in [1.165, 1.54) is 19.3 Å². The molecule has 0 bridgehead atoms. The average Bonchev–Trinajstić information content (AvgIpc) is 2.94. The third kappa shape index (κ3) is 4.02. The summed E-state index contributed by atoms with van der Waals surface area (Å²) in [5.74, 6) is 0.799. The Hall–Kier alpha value is -0.480. The molecule has 1 aliphatic carbocycles. The smallest absolute Gasteiger partial charge is 0.407 e. The monoisotopic (exact) mass is 276 g/mol. The van der Waals surface area contributed by atoms with Crippen LogP contribution >= 0.6 is 12.4 Å². The lowest BCUT2D eigenvalue weighted by atomic mass is 9.82. The molecule has 2 rings (SSSR count). The molecule has 0 aromatic heterocycles. The summed E-state index contributed by atoms with van der Waals surface area (Å²) in [4.78, 5) is 11.6. The fourth-order valence-electron chi connectivity index (χ4n) is 2.66. The molecule has 0 aromatic carbocycles. The van der Waals surface area contributed by atoms with Gasteiger partial charge < -0.3 is 15.4 Å². The first-order valence-electron chi connectivity index (χ1n) is 6.59. The van der Waals surface area contributed by atoms with Crippen LogP contribution in [0.4, 0.5) is 4.79 Å². The normalized spacial score (nSPS) is 27.5. The number of rotatable bonds is 3. The molecule has 18 heavy (non-hydrogen) atoms. The minimum Gasteiger partial charge on any atom is -0.444 e. The largest absolute Gasteiger partial charge is 0.444 e. The number of amides is 1. The van der Waals surface area contributed by atoms with Crippen molar-refractivity contribution in [1.82, 2.24) is 10.6 Å². The first-order chi connectivity index (χ1) is 7.91. The molecule has 0 radical (unpaired) electrons. The van der Waals surface area contributed by atoms with Crippen LogP contribution in [-0.2, 0) is 4.74 Å². The first kappa shape index (κ1) is 15.6. The first-order valence-corrected chi connectivity index (χ1v) is 6.59. The second-order valence-electron chi connectivity index (χ2n) is 6.42. The van der Waals surface area contributed by atoms with E-state index in [0.29, 0.717) is 0 Å². The van der Waals surface area contributed by atoms with Gasteiger partial charge in [-0.05, 0) is 52.5 Å². The van der Waals surface area contributed by atoms with Crippen molar-refractivity contribution in [2.75, 3.05) is 19.6 Å². The Bertz CT molecular complexity index is 292. The maximum atomic E-state index is 11.6. The van der Waals surface area contributed by atoms with Gasteiger partial charge in [-0.25, -0.2) is 4.79 Å². The van der Waals surface area contributed by atoms with Gasteiger partial charge in [-0.2, -0.15) is 0 Å². The van der Waals surface area contributed by atoms with E-state index in [0.717, 1.165) is 25.6 Å². The number of ether oxygens (including phenoxy) is 1. The Morgan fingerprint density at radius 2 is 2.11 bits per heavy atom. The summed E-state index contributed by atoms with van der Waals surface area (Å²) < 4.78 is 5.27. The van der Waals surface area contributed by atoms with Crippen LogP contribution in [0.3, 0.4) is 0 Å². The van der Waals surface area contributed by atoms with Crippen LogP contribution in [0.1, 0.15) is 40.0 Å². The molecule has 2 fully saturated rings. The molecule has 2 aliphatic rings. The van der Waals surface area contributed by atoms with Gasteiger partial charge in [-0.1, -0.05) is 0 Å². The Labute approximate surface area is 116 Å². The van der Waals surface area contributed by atoms with Crippen LogP contribution in [0.25, 0.3) is 0 Å². The SMILES string of the molecule is CC(C)(C)OC(=O)NCC1(C2CC2)CCNC1.Cl. The lowest BCUT2D eigenvalue weighted by Gasteiger charge is -2.29. The lowest BCUT2D eigenvalue weighted by molar-refractivity contribution is 0.0497. The van der Waals surface area contributed by atoms with E-state index in [4.69, 9.17) is 4.74 Å². The van der Waals surface area contributed by atoms with Gasteiger partial charge in [0.1, 0.15) is 5.60 Å². The zero-order valence-corrected chi connectivity index (χ0v) is 12.4. The predicted octanol–water partition coefficient (Wildman–Crippen LogP) is 2.32. The second kappa shape index (κ2) is 5.66. The molecule has 1 saturated heterocycles. The third-order valence-electron chi connectivity index (χ3n) is 3.70. The standard InChI is InChI=1S/C13H24N2O2.ClH/c1-12(2,3)17-11(16)15-9-13(10-4-5-10)6-7-14-8-13;/h10,14H,4-9H2,1-3H3,(H,15,16);1H. The molecular weight excluding hydrogens is 252 g/mol. The summed E-state index contributed by atoms with van der Waals surface area (Å²) >= 11 is 0. The number of hydrogen-bond donors (Lipinski definition) is 2. The predicted molar refractivity (Wildman–Crippen MR) is 74.1 cm³/mol. The Balaban J connectivity index is 0.00000162. The van der Waals surface area contributed by atoms with Crippen LogP contribution in [0.2, 0.25) is 0 Å². The molecule has 1 saturated carbocycles. The number of hydrogen-bond acceptors (Lipinski definition) is 3. The zero-order chi connectivity index (χ0) is 12.5. The fourth-order valence-corrected chi connectivity index (χ4v) is 2.66. The van der Waals surface area contributed by atoms with E-state index < -0.39 is 5.60 Å². The van der Waals surface area contributed by atoms with Crippen molar-refractivity contribution in [3.63, 3.8) is 0 Å². The van der Waals surface area contributed by atoms with Gasteiger partial charge >= 0.3 is 6.09 Å². The van der Waals surface area contributed by atoms with Crippen molar-refractivity contribution in [3.8, 4) is 0 Å². The van der Waals surface area contributed by atoms with Crippen molar-refractivity contribution in [3.05, 3.63) is 0 Å². The van der Waals surface area contributed by atoms with Crippen LogP contribution < -0.4 is 10.6 Å². The highest BCUT2D eigenvalue weighted by atomic mass is 35.5. The van der Waals surface area contributed by atoms with E-state index in [2.05, 4.69) is 10.6 Å². The maximum absolute atomic E-state index is 11.6. The fraction of sp³-hybridized carbons (Fsp3) is 0.923.